The van der Waals surface area contributed by atoms with E-state index in [0.29, 0.717) is 17.9 Å². The Morgan fingerprint density at radius 2 is 1.58 bits per heavy atom. The Labute approximate surface area is 119 Å². The maximum absolute atomic E-state index is 6.62. The van der Waals surface area contributed by atoms with E-state index in [1.54, 1.807) is 0 Å². The van der Waals surface area contributed by atoms with E-state index in [1.165, 1.54) is 51.4 Å². The van der Waals surface area contributed by atoms with E-state index in [2.05, 4.69) is 13.8 Å². The highest BCUT2D eigenvalue weighted by Gasteiger charge is 2.36. The van der Waals surface area contributed by atoms with Crippen LogP contribution in [0.15, 0.2) is 0 Å². The summed E-state index contributed by atoms with van der Waals surface area (Å²) in [5.74, 6) is 3.09. The Bertz CT molecular complexity index is 262. The molecule has 5 unspecified atom stereocenters. The molecule has 0 aliphatic heterocycles. The smallest absolute Gasteiger partial charge is 0.0752 e. The number of methoxy groups -OCH3 is 1. The number of ether oxygens (including phenoxy) is 1. The lowest BCUT2D eigenvalue weighted by Crippen LogP contribution is -2.48. The van der Waals surface area contributed by atoms with Gasteiger partial charge in [-0.25, -0.2) is 0 Å². The average molecular weight is 267 g/mol. The molecule has 0 aromatic rings. The summed E-state index contributed by atoms with van der Waals surface area (Å²) in [6, 6.07) is 0.253. The maximum atomic E-state index is 6.62. The summed E-state index contributed by atoms with van der Waals surface area (Å²) in [5.41, 5.74) is 6.62. The first-order chi connectivity index (χ1) is 9.13. The van der Waals surface area contributed by atoms with Crippen LogP contribution in [0.1, 0.15) is 65.2 Å². The fourth-order valence-electron chi connectivity index (χ4n) is 4.33. The first-order valence-electron chi connectivity index (χ1n) is 8.41. The van der Waals surface area contributed by atoms with Gasteiger partial charge in [-0.3, -0.25) is 0 Å². The molecule has 0 spiro atoms. The predicted octanol–water partition coefficient (Wildman–Crippen LogP) is 3.98. The number of hydrogen-bond donors (Lipinski definition) is 1. The third-order valence-corrected chi connectivity index (χ3v) is 5.95. The summed E-state index contributed by atoms with van der Waals surface area (Å²) in [4.78, 5) is 0. The van der Waals surface area contributed by atoms with Crippen LogP contribution >= 0.6 is 0 Å². The van der Waals surface area contributed by atoms with Crippen molar-refractivity contribution in [3.63, 3.8) is 0 Å². The van der Waals surface area contributed by atoms with E-state index >= 15 is 0 Å². The Hall–Kier alpha value is -0.0800. The maximum Gasteiger partial charge on any atom is 0.0752 e. The Balaban J connectivity index is 1.93. The minimum atomic E-state index is 0.253. The second kappa shape index (κ2) is 7.08. The summed E-state index contributed by atoms with van der Waals surface area (Å²) in [6.07, 6.45) is 11.0. The molecular formula is C17H33NO. The molecule has 2 aliphatic rings. The molecule has 2 fully saturated rings. The summed E-state index contributed by atoms with van der Waals surface area (Å²) < 4.78 is 5.84. The lowest BCUT2D eigenvalue weighted by atomic mass is 9.70. The van der Waals surface area contributed by atoms with Crippen LogP contribution in [0.2, 0.25) is 0 Å². The molecule has 0 radical (unpaired) electrons. The lowest BCUT2D eigenvalue weighted by molar-refractivity contribution is -0.00710. The third kappa shape index (κ3) is 3.72. The van der Waals surface area contributed by atoms with Crippen molar-refractivity contribution in [1.82, 2.24) is 0 Å². The summed E-state index contributed by atoms with van der Waals surface area (Å²) in [7, 11) is 1.87. The van der Waals surface area contributed by atoms with Crippen LogP contribution in [0, 0.1) is 23.7 Å². The van der Waals surface area contributed by atoms with Crippen molar-refractivity contribution < 1.29 is 4.74 Å². The first-order valence-corrected chi connectivity index (χ1v) is 8.41. The molecule has 2 saturated carbocycles. The van der Waals surface area contributed by atoms with Crippen molar-refractivity contribution in [3.8, 4) is 0 Å². The average Bonchev–Trinajstić information content (AvgIpc) is 2.44. The SMILES string of the molecule is COC(C1CCCCC1)C(N)C1CCC(C)C(C)C1. The molecule has 0 heterocycles. The molecule has 0 aromatic heterocycles. The molecule has 0 bridgehead atoms. The normalized spacial score (nSPS) is 36.9. The highest BCUT2D eigenvalue weighted by atomic mass is 16.5. The minimum Gasteiger partial charge on any atom is -0.380 e. The van der Waals surface area contributed by atoms with Crippen LogP contribution in [-0.2, 0) is 4.74 Å². The van der Waals surface area contributed by atoms with Crippen LogP contribution in [0.5, 0.6) is 0 Å². The Kier molecular flexibility index (Phi) is 5.70. The van der Waals surface area contributed by atoms with Gasteiger partial charge in [-0.15, -0.1) is 0 Å². The lowest BCUT2D eigenvalue weighted by Gasteiger charge is -2.41. The van der Waals surface area contributed by atoms with Crippen molar-refractivity contribution in [2.45, 2.75) is 77.4 Å². The van der Waals surface area contributed by atoms with Crippen LogP contribution in [0.25, 0.3) is 0 Å². The van der Waals surface area contributed by atoms with E-state index in [1.807, 2.05) is 7.11 Å². The number of nitrogens with two attached hydrogens (primary N) is 1. The third-order valence-electron chi connectivity index (χ3n) is 5.95. The van der Waals surface area contributed by atoms with Gasteiger partial charge in [0.2, 0.25) is 0 Å². The molecule has 0 aromatic carbocycles. The minimum absolute atomic E-state index is 0.253. The number of hydrogen-bond acceptors (Lipinski definition) is 2. The Morgan fingerprint density at radius 3 is 2.16 bits per heavy atom. The molecule has 2 rings (SSSR count). The standard InChI is InChI=1S/C17H33NO/c1-12-9-10-15(11-13(12)2)16(18)17(19-3)14-7-5-4-6-8-14/h12-17H,4-11,18H2,1-3H3. The van der Waals surface area contributed by atoms with Crippen LogP contribution in [0.4, 0.5) is 0 Å². The summed E-state index contributed by atoms with van der Waals surface area (Å²) in [5, 5.41) is 0. The van der Waals surface area contributed by atoms with E-state index < -0.39 is 0 Å². The van der Waals surface area contributed by atoms with Crippen LogP contribution in [0.3, 0.4) is 0 Å². The van der Waals surface area contributed by atoms with Gasteiger partial charge >= 0.3 is 0 Å². The van der Waals surface area contributed by atoms with Crippen molar-refractivity contribution in [3.05, 3.63) is 0 Å². The van der Waals surface area contributed by atoms with E-state index in [9.17, 15) is 0 Å². The van der Waals surface area contributed by atoms with Crippen molar-refractivity contribution in [2.75, 3.05) is 7.11 Å². The van der Waals surface area contributed by atoms with Gasteiger partial charge in [0.1, 0.15) is 0 Å². The molecule has 2 aliphatic carbocycles. The molecule has 2 heteroatoms. The number of rotatable bonds is 4. The molecule has 2 N–H and O–H groups in total. The fourth-order valence-corrected chi connectivity index (χ4v) is 4.33. The zero-order valence-corrected chi connectivity index (χ0v) is 13.1. The molecular weight excluding hydrogens is 234 g/mol. The largest absolute Gasteiger partial charge is 0.380 e. The fraction of sp³-hybridized carbons (Fsp3) is 1.00. The molecule has 0 saturated heterocycles. The Morgan fingerprint density at radius 1 is 0.895 bits per heavy atom. The van der Waals surface area contributed by atoms with Gasteiger partial charge in [-0.2, -0.15) is 0 Å². The second-order valence-corrected chi connectivity index (χ2v) is 7.20. The van der Waals surface area contributed by atoms with Gasteiger partial charge in [0.05, 0.1) is 6.10 Å². The van der Waals surface area contributed by atoms with Gasteiger partial charge in [-0.1, -0.05) is 39.5 Å². The molecule has 0 amide bonds. The highest BCUT2D eigenvalue weighted by Crippen LogP contribution is 2.38. The van der Waals surface area contributed by atoms with Crippen molar-refractivity contribution in [2.24, 2.45) is 29.4 Å². The predicted molar refractivity (Wildman–Crippen MR) is 81.0 cm³/mol. The van der Waals surface area contributed by atoms with E-state index in [-0.39, 0.29) is 6.04 Å². The zero-order chi connectivity index (χ0) is 13.8. The molecule has 112 valence electrons. The highest BCUT2D eigenvalue weighted by molar-refractivity contribution is 4.90. The van der Waals surface area contributed by atoms with Crippen LogP contribution < -0.4 is 5.73 Å². The van der Waals surface area contributed by atoms with Crippen molar-refractivity contribution in [1.29, 1.82) is 0 Å². The van der Waals surface area contributed by atoms with Gasteiger partial charge in [0, 0.05) is 13.2 Å². The van der Waals surface area contributed by atoms with Gasteiger partial charge in [0.15, 0.2) is 0 Å². The summed E-state index contributed by atoms with van der Waals surface area (Å²) in [6.45, 7) is 4.79. The monoisotopic (exact) mass is 267 g/mol. The zero-order valence-electron chi connectivity index (χ0n) is 13.1. The second-order valence-electron chi connectivity index (χ2n) is 7.20. The molecule has 5 atom stereocenters. The van der Waals surface area contributed by atoms with Gasteiger partial charge in [-0.05, 0) is 49.4 Å². The van der Waals surface area contributed by atoms with Gasteiger partial charge in [0.25, 0.3) is 0 Å². The summed E-state index contributed by atoms with van der Waals surface area (Å²) >= 11 is 0. The van der Waals surface area contributed by atoms with E-state index in [4.69, 9.17) is 10.5 Å². The van der Waals surface area contributed by atoms with E-state index in [0.717, 1.165) is 11.8 Å². The first kappa shape index (κ1) is 15.3. The van der Waals surface area contributed by atoms with Crippen molar-refractivity contribution >= 4 is 0 Å². The topological polar surface area (TPSA) is 35.2 Å². The molecule has 19 heavy (non-hydrogen) atoms. The van der Waals surface area contributed by atoms with Gasteiger partial charge < -0.3 is 10.5 Å². The molecule has 2 nitrogen and oxygen atoms in total. The quantitative estimate of drug-likeness (QED) is 0.836. The van der Waals surface area contributed by atoms with Crippen LogP contribution in [-0.4, -0.2) is 19.3 Å².